The highest BCUT2D eigenvalue weighted by molar-refractivity contribution is 5.30. The van der Waals surface area contributed by atoms with Crippen LogP contribution in [0.5, 0.6) is 0 Å². The van der Waals surface area contributed by atoms with E-state index in [-0.39, 0.29) is 5.82 Å². The van der Waals surface area contributed by atoms with Gasteiger partial charge in [0.2, 0.25) is 0 Å². The molecule has 1 N–H and O–H groups in total. The van der Waals surface area contributed by atoms with Crippen LogP contribution in [0.1, 0.15) is 30.0 Å². The molecule has 1 nitrogen and oxygen atoms in total. The molecule has 1 aliphatic carbocycles. The maximum atomic E-state index is 13.1. The SMILES string of the molecule is CNC(c1cc(F)ccc1C)C1CC1. The monoisotopic (exact) mass is 193 g/mol. The van der Waals surface area contributed by atoms with E-state index in [0.29, 0.717) is 12.0 Å². The molecule has 0 aromatic heterocycles. The smallest absolute Gasteiger partial charge is 0.123 e. The average molecular weight is 193 g/mol. The van der Waals surface area contributed by atoms with Gasteiger partial charge in [-0.2, -0.15) is 0 Å². The number of hydrogen-bond acceptors (Lipinski definition) is 1. The zero-order chi connectivity index (χ0) is 10.1. The molecular weight excluding hydrogens is 177 g/mol. The highest BCUT2D eigenvalue weighted by Crippen LogP contribution is 2.41. The molecule has 1 unspecified atom stereocenters. The van der Waals surface area contributed by atoms with E-state index in [1.165, 1.54) is 24.5 Å². The fourth-order valence-electron chi connectivity index (χ4n) is 2.02. The summed E-state index contributed by atoms with van der Waals surface area (Å²) in [6.07, 6.45) is 2.53. The lowest BCUT2D eigenvalue weighted by Gasteiger charge is -2.18. The molecular formula is C12H16FN. The summed E-state index contributed by atoms with van der Waals surface area (Å²) in [5, 5.41) is 3.28. The zero-order valence-corrected chi connectivity index (χ0v) is 8.68. The summed E-state index contributed by atoms with van der Waals surface area (Å²) < 4.78 is 13.1. The van der Waals surface area contributed by atoms with E-state index in [1.807, 2.05) is 20.0 Å². The first-order valence-corrected chi connectivity index (χ1v) is 5.15. The van der Waals surface area contributed by atoms with Gasteiger partial charge >= 0.3 is 0 Å². The molecule has 0 saturated heterocycles. The van der Waals surface area contributed by atoms with Gasteiger partial charge in [0, 0.05) is 6.04 Å². The number of nitrogens with one attached hydrogen (secondary N) is 1. The molecule has 0 bridgehead atoms. The zero-order valence-electron chi connectivity index (χ0n) is 8.68. The fraction of sp³-hybridized carbons (Fsp3) is 0.500. The second-order valence-electron chi connectivity index (χ2n) is 4.10. The van der Waals surface area contributed by atoms with Gasteiger partial charge in [0.05, 0.1) is 0 Å². The summed E-state index contributed by atoms with van der Waals surface area (Å²) in [6, 6.07) is 5.38. The number of aryl methyl sites for hydroxylation is 1. The molecule has 1 aromatic carbocycles. The van der Waals surface area contributed by atoms with Crippen molar-refractivity contribution in [2.24, 2.45) is 5.92 Å². The van der Waals surface area contributed by atoms with Crippen LogP contribution in [0, 0.1) is 18.7 Å². The average Bonchev–Trinajstić information content (AvgIpc) is 2.96. The molecule has 0 heterocycles. The summed E-state index contributed by atoms with van der Waals surface area (Å²) in [5.74, 6) is 0.576. The minimum Gasteiger partial charge on any atom is -0.313 e. The van der Waals surface area contributed by atoms with Crippen molar-refractivity contribution >= 4 is 0 Å². The lowest BCUT2D eigenvalue weighted by atomic mass is 9.98. The van der Waals surface area contributed by atoms with Crippen molar-refractivity contribution in [3.8, 4) is 0 Å². The van der Waals surface area contributed by atoms with Gasteiger partial charge in [0.15, 0.2) is 0 Å². The van der Waals surface area contributed by atoms with Crippen LogP contribution >= 0.6 is 0 Å². The van der Waals surface area contributed by atoms with E-state index in [2.05, 4.69) is 5.32 Å². The van der Waals surface area contributed by atoms with Gasteiger partial charge in [-0.15, -0.1) is 0 Å². The van der Waals surface area contributed by atoms with E-state index in [9.17, 15) is 4.39 Å². The molecule has 1 fully saturated rings. The Hall–Kier alpha value is -0.890. The first-order chi connectivity index (χ1) is 6.72. The van der Waals surface area contributed by atoms with Crippen LogP contribution in [0.3, 0.4) is 0 Å². The van der Waals surface area contributed by atoms with Crippen LogP contribution in [-0.4, -0.2) is 7.05 Å². The Bertz CT molecular complexity index is 331. The van der Waals surface area contributed by atoms with Crippen molar-refractivity contribution in [3.63, 3.8) is 0 Å². The van der Waals surface area contributed by atoms with Crippen molar-refractivity contribution in [2.45, 2.75) is 25.8 Å². The van der Waals surface area contributed by atoms with Crippen molar-refractivity contribution < 1.29 is 4.39 Å². The van der Waals surface area contributed by atoms with Gasteiger partial charge in [0.25, 0.3) is 0 Å². The minimum absolute atomic E-state index is 0.133. The predicted octanol–water partition coefficient (Wildman–Crippen LogP) is 2.80. The quantitative estimate of drug-likeness (QED) is 0.778. The number of benzene rings is 1. The number of hydrogen-bond donors (Lipinski definition) is 1. The Kier molecular flexibility index (Phi) is 2.55. The first-order valence-electron chi connectivity index (χ1n) is 5.15. The standard InChI is InChI=1S/C12H16FN/c1-8-3-6-10(13)7-11(8)12(14-2)9-4-5-9/h3,6-7,9,12,14H,4-5H2,1-2H3. The van der Waals surface area contributed by atoms with Crippen molar-refractivity contribution in [1.29, 1.82) is 0 Å². The van der Waals surface area contributed by atoms with Gasteiger partial charge in [-0.05, 0) is 56.0 Å². The third-order valence-electron chi connectivity index (χ3n) is 2.98. The third-order valence-corrected chi connectivity index (χ3v) is 2.98. The van der Waals surface area contributed by atoms with Crippen LogP contribution in [-0.2, 0) is 0 Å². The maximum absolute atomic E-state index is 13.1. The highest BCUT2D eigenvalue weighted by Gasteiger charge is 2.31. The summed E-state index contributed by atoms with van der Waals surface area (Å²) in [4.78, 5) is 0. The minimum atomic E-state index is -0.133. The Morgan fingerprint density at radius 2 is 2.14 bits per heavy atom. The van der Waals surface area contributed by atoms with E-state index in [4.69, 9.17) is 0 Å². The Morgan fingerprint density at radius 3 is 2.71 bits per heavy atom. The van der Waals surface area contributed by atoms with Crippen LogP contribution in [0.15, 0.2) is 18.2 Å². The lowest BCUT2D eigenvalue weighted by Crippen LogP contribution is -2.19. The summed E-state index contributed by atoms with van der Waals surface area (Å²) in [7, 11) is 1.95. The van der Waals surface area contributed by atoms with Gasteiger partial charge in [0.1, 0.15) is 5.82 Å². The molecule has 1 saturated carbocycles. The van der Waals surface area contributed by atoms with Crippen molar-refractivity contribution in [2.75, 3.05) is 7.05 Å². The number of rotatable bonds is 3. The third kappa shape index (κ3) is 1.80. The molecule has 1 aliphatic rings. The van der Waals surface area contributed by atoms with Gasteiger partial charge in [-0.25, -0.2) is 4.39 Å². The molecule has 14 heavy (non-hydrogen) atoms. The second-order valence-corrected chi connectivity index (χ2v) is 4.10. The predicted molar refractivity (Wildman–Crippen MR) is 55.7 cm³/mol. The normalized spacial score (nSPS) is 18.2. The van der Waals surface area contributed by atoms with E-state index < -0.39 is 0 Å². The maximum Gasteiger partial charge on any atom is 0.123 e. The van der Waals surface area contributed by atoms with Crippen molar-refractivity contribution in [1.82, 2.24) is 5.32 Å². The molecule has 1 atom stereocenters. The summed E-state index contributed by atoms with van der Waals surface area (Å²) in [5.41, 5.74) is 2.30. The van der Waals surface area contributed by atoms with Gasteiger partial charge < -0.3 is 5.32 Å². The molecule has 0 spiro atoms. The van der Waals surface area contributed by atoms with Crippen LogP contribution in [0.2, 0.25) is 0 Å². The van der Waals surface area contributed by atoms with Gasteiger partial charge in [-0.1, -0.05) is 6.07 Å². The van der Waals surface area contributed by atoms with Crippen LogP contribution in [0.4, 0.5) is 4.39 Å². The second kappa shape index (κ2) is 3.70. The fourth-order valence-corrected chi connectivity index (χ4v) is 2.02. The van der Waals surface area contributed by atoms with Crippen LogP contribution in [0.25, 0.3) is 0 Å². The molecule has 0 aliphatic heterocycles. The first kappa shape index (κ1) is 9.66. The Labute approximate surface area is 84.3 Å². The highest BCUT2D eigenvalue weighted by atomic mass is 19.1. The molecule has 76 valence electrons. The van der Waals surface area contributed by atoms with E-state index in [1.54, 1.807) is 6.07 Å². The van der Waals surface area contributed by atoms with E-state index >= 15 is 0 Å². The number of halogens is 1. The molecule has 0 amide bonds. The largest absolute Gasteiger partial charge is 0.313 e. The van der Waals surface area contributed by atoms with Crippen LogP contribution < -0.4 is 5.32 Å². The lowest BCUT2D eigenvalue weighted by molar-refractivity contribution is 0.520. The molecule has 0 radical (unpaired) electrons. The van der Waals surface area contributed by atoms with E-state index in [0.717, 1.165) is 5.56 Å². The molecule has 2 heteroatoms. The van der Waals surface area contributed by atoms with Crippen molar-refractivity contribution in [3.05, 3.63) is 35.1 Å². The Balaban J connectivity index is 2.32. The summed E-state index contributed by atoms with van der Waals surface area (Å²) in [6.45, 7) is 2.04. The molecule has 1 aromatic rings. The summed E-state index contributed by atoms with van der Waals surface area (Å²) >= 11 is 0. The topological polar surface area (TPSA) is 12.0 Å². The molecule has 2 rings (SSSR count). The van der Waals surface area contributed by atoms with Gasteiger partial charge in [-0.3, -0.25) is 0 Å². The Morgan fingerprint density at radius 1 is 1.43 bits per heavy atom.